The van der Waals surface area contributed by atoms with Crippen LogP contribution in [0.1, 0.15) is 29.2 Å². The molecule has 0 radical (unpaired) electrons. The van der Waals surface area contributed by atoms with E-state index in [2.05, 4.69) is 42.5 Å². The molecule has 0 N–H and O–H groups in total. The molecule has 0 aliphatic heterocycles. The molecule has 6 rings (SSSR count). The number of rotatable bonds is 2. The lowest BCUT2D eigenvalue weighted by Gasteiger charge is -2.23. The van der Waals surface area contributed by atoms with Crippen LogP contribution in [-0.2, 0) is 30.5 Å². The summed E-state index contributed by atoms with van der Waals surface area (Å²) in [5.74, 6) is -0.0551. The summed E-state index contributed by atoms with van der Waals surface area (Å²) in [6.45, 7) is 1.73. The molecule has 0 spiro atoms. The number of hydrogen-bond acceptors (Lipinski definition) is 1. The predicted octanol–water partition coefficient (Wildman–Crippen LogP) is 4.16. The fourth-order valence-corrected chi connectivity index (χ4v) is 3.26. The van der Waals surface area contributed by atoms with Crippen LogP contribution >= 0.6 is 11.6 Å². The van der Waals surface area contributed by atoms with E-state index in [0.29, 0.717) is 0 Å². The summed E-state index contributed by atoms with van der Waals surface area (Å²) < 4.78 is 0. The molecule has 4 aliphatic carbocycles. The summed E-state index contributed by atoms with van der Waals surface area (Å²) in [6.07, 6.45) is 3.89. The average molecular weight is 328 g/mol. The van der Waals surface area contributed by atoms with Crippen molar-refractivity contribution in [3.63, 3.8) is 0 Å². The molecule has 1 atom stereocenters. The van der Waals surface area contributed by atoms with Gasteiger partial charge in [-0.2, -0.15) is 0 Å². The number of benzene rings is 2. The Hall–Kier alpha value is -1.80. The van der Waals surface area contributed by atoms with Crippen molar-refractivity contribution in [1.82, 2.24) is 0 Å². The number of hydrogen-bond donors (Lipinski definition) is 0. The second-order valence-corrected chi connectivity index (χ2v) is 6.95. The number of alkyl halides is 1. The van der Waals surface area contributed by atoms with Crippen molar-refractivity contribution in [2.75, 3.05) is 11.9 Å². The van der Waals surface area contributed by atoms with Gasteiger partial charge in [0, 0.05) is 12.7 Å². The van der Waals surface area contributed by atoms with E-state index >= 15 is 0 Å². The van der Waals surface area contributed by atoms with Gasteiger partial charge in [0.1, 0.15) is 5.38 Å². The van der Waals surface area contributed by atoms with Crippen LogP contribution in [0.25, 0.3) is 0 Å². The Bertz CT molecular complexity index is 706. The van der Waals surface area contributed by atoms with E-state index in [-0.39, 0.29) is 5.91 Å². The third-order valence-corrected chi connectivity index (χ3v) is 4.78. The number of anilines is 1. The highest BCUT2D eigenvalue weighted by molar-refractivity contribution is 6.32. The molecule has 0 aromatic heterocycles. The number of amides is 1. The molecule has 0 fully saturated rings. The van der Waals surface area contributed by atoms with Crippen molar-refractivity contribution in [3.8, 4) is 0 Å². The van der Waals surface area contributed by atoms with Gasteiger partial charge in [-0.25, -0.2) is 0 Å². The molecule has 0 heterocycles. The van der Waals surface area contributed by atoms with Gasteiger partial charge >= 0.3 is 0 Å². The molecule has 2 aromatic rings. The van der Waals surface area contributed by atoms with Gasteiger partial charge in [-0.1, -0.05) is 36.4 Å². The highest BCUT2D eigenvalue weighted by Gasteiger charge is 2.19. The standard InChI is InChI=1S/C20H22ClNO/c1-14(21)20(23)22(2)19-13-17-8-7-15-3-5-16(6-4-15)9-11-18(19)12-10-17/h3-6,10,12-14H,7-9,11H2,1-2H3. The second kappa shape index (κ2) is 6.76. The molecule has 23 heavy (non-hydrogen) atoms. The largest absolute Gasteiger partial charge is 0.314 e. The monoisotopic (exact) mass is 327 g/mol. The molecule has 1 amide bonds. The van der Waals surface area contributed by atoms with Crippen molar-refractivity contribution in [3.05, 3.63) is 64.7 Å². The van der Waals surface area contributed by atoms with Gasteiger partial charge in [-0.15, -0.1) is 11.6 Å². The minimum atomic E-state index is -0.512. The van der Waals surface area contributed by atoms with Crippen LogP contribution in [0.5, 0.6) is 0 Å². The summed E-state index contributed by atoms with van der Waals surface area (Å²) >= 11 is 6.00. The van der Waals surface area contributed by atoms with Gasteiger partial charge in [0.2, 0.25) is 5.91 Å². The van der Waals surface area contributed by atoms with E-state index in [9.17, 15) is 4.79 Å². The number of nitrogens with zero attached hydrogens (tertiary/aromatic N) is 1. The Morgan fingerprint density at radius 3 is 2.09 bits per heavy atom. The fourth-order valence-electron chi connectivity index (χ4n) is 3.11. The lowest BCUT2D eigenvalue weighted by molar-refractivity contribution is -0.117. The van der Waals surface area contributed by atoms with Gasteiger partial charge in [0.15, 0.2) is 0 Å². The summed E-state index contributed by atoms with van der Waals surface area (Å²) in [7, 11) is 1.82. The second-order valence-electron chi connectivity index (χ2n) is 6.29. The van der Waals surface area contributed by atoms with Crippen molar-refractivity contribution in [2.24, 2.45) is 0 Å². The normalized spacial score (nSPS) is 14.9. The Morgan fingerprint density at radius 2 is 1.48 bits per heavy atom. The van der Waals surface area contributed by atoms with E-state index in [1.165, 1.54) is 22.3 Å². The molecule has 4 aliphatic rings. The van der Waals surface area contributed by atoms with Crippen LogP contribution in [-0.4, -0.2) is 18.3 Å². The highest BCUT2D eigenvalue weighted by Crippen LogP contribution is 2.26. The zero-order valence-corrected chi connectivity index (χ0v) is 14.4. The first kappa shape index (κ1) is 16.1. The van der Waals surface area contributed by atoms with Crippen LogP contribution in [0.15, 0.2) is 42.5 Å². The maximum atomic E-state index is 12.3. The third kappa shape index (κ3) is 3.59. The minimum absolute atomic E-state index is 0.0551. The number of halogens is 1. The molecular weight excluding hydrogens is 306 g/mol. The summed E-state index contributed by atoms with van der Waals surface area (Å²) in [6, 6.07) is 15.4. The van der Waals surface area contributed by atoms with Gasteiger partial charge in [0.05, 0.1) is 0 Å². The van der Waals surface area contributed by atoms with E-state index in [0.717, 1.165) is 31.4 Å². The predicted molar refractivity (Wildman–Crippen MR) is 96.4 cm³/mol. The van der Waals surface area contributed by atoms with Gasteiger partial charge < -0.3 is 4.90 Å². The molecule has 120 valence electrons. The Kier molecular flexibility index (Phi) is 4.72. The van der Waals surface area contributed by atoms with Gasteiger partial charge in [-0.3, -0.25) is 4.79 Å². The van der Waals surface area contributed by atoms with Crippen molar-refractivity contribution in [2.45, 2.75) is 38.0 Å². The van der Waals surface area contributed by atoms with Crippen molar-refractivity contribution in [1.29, 1.82) is 0 Å². The average Bonchev–Trinajstić information content (AvgIpc) is 2.55. The quantitative estimate of drug-likeness (QED) is 0.758. The smallest absolute Gasteiger partial charge is 0.244 e. The Morgan fingerprint density at radius 1 is 0.957 bits per heavy atom. The molecule has 2 aromatic carbocycles. The highest BCUT2D eigenvalue weighted by atomic mass is 35.5. The summed E-state index contributed by atoms with van der Waals surface area (Å²) in [5, 5.41) is -0.512. The molecule has 0 saturated heterocycles. The Balaban J connectivity index is 1.98. The number of aryl methyl sites for hydroxylation is 4. The summed E-state index contributed by atoms with van der Waals surface area (Å²) in [5.41, 5.74) is 6.15. The minimum Gasteiger partial charge on any atom is -0.314 e. The lowest BCUT2D eigenvalue weighted by Crippen LogP contribution is -2.32. The van der Waals surface area contributed by atoms with Crippen LogP contribution in [0.2, 0.25) is 0 Å². The van der Waals surface area contributed by atoms with Crippen LogP contribution in [0.3, 0.4) is 0 Å². The van der Waals surface area contributed by atoms with Crippen LogP contribution in [0, 0.1) is 0 Å². The third-order valence-electron chi connectivity index (χ3n) is 4.59. The topological polar surface area (TPSA) is 20.3 Å². The van der Waals surface area contributed by atoms with Crippen LogP contribution < -0.4 is 4.90 Å². The maximum Gasteiger partial charge on any atom is 0.244 e. The molecule has 3 heteroatoms. The lowest BCUT2D eigenvalue weighted by atomic mass is 9.95. The van der Waals surface area contributed by atoms with Gasteiger partial charge in [-0.05, 0) is 60.9 Å². The number of carbonyl (C=O) groups is 1. The van der Waals surface area contributed by atoms with Crippen molar-refractivity contribution < 1.29 is 4.79 Å². The van der Waals surface area contributed by atoms with E-state index in [1.807, 2.05) is 7.05 Å². The van der Waals surface area contributed by atoms with Crippen molar-refractivity contribution >= 4 is 23.2 Å². The molecule has 2 nitrogen and oxygen atoms in total. The Labute approximate surface area is 143 Å². The zero-order chi connectivity index (χ0) is 16.4. The fraction of sp³-hybridized carbons (Fsp3) is 0.350. The first-order valence-electron chi connectivity index (χ1n) is 8.16. The summed E-state index contributed by atoms with van der Waals surface area (Å²) in [4.78, 5) is 14.0. The molecular formula is C20H22ClNO. The molecule has 4 bridgehead atoms. The van der Waals surface area contributed by atoms with E-state index in [1.54, 1.807) is 11.8 Å². The van der Waals surface area contributed by atoms with Gasteiger partial charge in [0.25, 0.3) is 0 Å². The molecule has 1 unspecified atom stereocenters. The zero-order valence-electron chi connectivity index (χ0n) is 13.7. The van der Waals surface area contributed by atoms with Crippen LogP contribution in [0.4, 0.5) is 5.69 Å². The molecule has 0 saturated carbocycles. The number of carbonyl (C=O) groups excluding carboxylic acids is 1. The van der Waals surface area contributed by atoms with E-state index < -0.39 is 5.38 Å². The SMILES string of the molecule is CC(Cl)C(=O)N(C)c1cc2ccc1CCc1ccc(cc1)CC2. The first-order valence-corrected chi connectivity index (χ1v) is 8.59. The maximum absolute atomic E-state index is 12.3. The first-order chi connectivity index (χ1) is 11.0. The van der Waals surface area contributed by atoms with E-state index in [4.69, 9.17) is 11.6 Å².